The fourth-order valence-corrected chi connectivity index (χ4v) is 6.34. The maximum atomic E-state index is 12.4. The van der Waals surface area contributed by atoms with Crippen molar-refractivity contribution in [3.63, 3.8) is 0 Å². The second-order valence-electron chi connectivity index (χ2n) is 8.89. The largest absolute Gasteiger partial charge is 0.370 e. The van der Waals surface area contributed by atoms with Crippen LogP contribution in [-0.4, -0.2) is 38.8 Å². The summed E-state index contributed by atoms with van der Waals surface area (Å²) in [6.07, 6.45) is 3.24. The second-order valence-corrected chi connectivity index (χ2v) is 10.9. The molecule has 8 heteroatoms. The van der Waals surface area contributed by atoms with E-state index >= 15 is 0 Å². The van der Waals surface area contributed by atoms with Crippen molar-refractivity contribution < 1.29 is 9.53 Å². The molecule has 0 saturated carbocycles. The van der Waals surface area contributed by atoms with Crippen molar-refractivity contribution in [2.45, 2.75) is 50.8 Å². The van der Waals surface area contributed by atoms with Gasteiger partial charge in [0.05, 0.1) is 28.2 Å². The van der Waals surface area contributed by atoms with Crippen LogP contribution in [0.4, 0.5) is 0 Å². The lowest BCUT2D eigenvalue weighted by molar-refractivity contribution is -0.118. The summed E-state index contributed by atoms with van der Waals surface area (Å²) in [6, 6.07) is 10.2. The first-order chi connectivity index (χ1) is 15.9. The number of rotatable bonds is 6. The molecule has 6 nitrogen and oxygen atoms in total. The van der Waals surface area contributed by atoms with Gasteiger partial charge < -0.3 is 10.1 Å². The highest BCUT2D eigenvalue weighted by atomic mass is 32.2. The van der Waals surface area contributed by atoms with Gasteiger partial charge in [-0.15, -0.1) is 11.3 Å². The van der Waals surface area contributed by atoms with E-state index in [-0.39, 0.29) is 11.5 Å². The average molecular weight is 479 g/mol. The molecule has 1 aromatic carbocycles. The predicted molar refractivity (Wildman–Crippen MR) is 134 cm³/mol. The topological polar surface area (TPSA) is 77.0 Å². The number of hydrogen-bond acceptors (Lipinski definition) is 7. The normalized spacial score (nSPS) is 15.0. The van der Waals surface area contributed by atoms with Crippen molar-refractivity contribution in [3.8, 4) is 0 Å². The number of ether oxygens (including phenoxy) is 1. The molecular formula is C25H26N4O2S2. The summed E-state index contributed by atoms with van der Waals surface area (Å²) in [5.41, 5.74) is 5.40. The summed E-state index contributed by atoms with van der Waals surface area (Å²) in [4.78, 5) is 27.4. The number of aryl methyl sites for hydroxylation is 1. The monoisotopic (exact) mass is 478 g/mol. The Morgan fingerprint density at radius 3 is 2.85 bits per heavy atom. The minimum atomic E-state index is -0.218. The van der Waals surface area contributed by atoms with Crippen LogP contribution in [0, 0.1) is 6.92 Å². The molecular weight excluding hydrogens is 452 g/mol. The molecule has 4 heterocycles. The van der Waals surface area contributed by atoms with Gasteiger partial charge in [0.1, 0.15) is 16.2 Å². The van der Waals surface area contributed by atoms with E-state index in [0.29, 0.717) is 18.9 Å². The predicted octanol–water partition coefficient (Wildman–Crippen LogP) is 4.85. The summed E-state index contributed by atoms with van der Waals surface area (Å²) >= 11 is 3.07. The second kappa shape index (κ2) is 9.00. The van der Waals surface area contributed by atoms with Crippen LogP contribution in [0.25, 0.3) is 20.4 Å². The number of thioether (sulfide) groups is 1. The van der Waals surface area contributed by atoms with Crippen molar-refractivity contribution in [1.82, 2.24) is 20.3 Å². The summed E-state index contributed by atoms with van der Waals surface area (Å²) in [7, 11) is 0. The highest BCUT2D eigenvalue weighted by molar-refractivity contribution is 8.00. The zero-order valence-corrected chi connectivity index (χ0v) is 20.6. The Kier molecular flexibility index (Phi) is 6.07. The minimum Gasteiger partial charge on any atom is -0.370 e. The van der Waals surface area contributed by atoms with Crippen molar-refractivity contribution >= 4 is 49.4 Å². The molecule has 5 rings (SSSR count). The lowest BCUT2D eigenvalue weighted by Gasteiger charge is -2.32. The van der Waals surface area contributed by atoms with Crippen LogP contribution in [0.3, 0.4) is 0 Å². The number of pyridine rings is 1. The summed E-state index contributed by atoms with van der Waals surface area (Å²) in [5.74, 6) is 0.328. The first-order valence-corrected chi connectivity index (χ1v) is 12.8. The molecule has 1 aliphatic heterocycles. The van der Waals surface area contributed by atoms with Crippen molar-refractivity contribution in [2.24, 2.45) is 0 Å². The van der Waals surface area contributed by atoms with E-state index in [1.54, 1.807) is 17.7 Å². The summed E-state index contributed by atoms with van der Waals surface area (Å²) < 4.78 is 7.04. The Hall–Kier alpha value is -2.55. The van der Waals surface area contributed by atoms with Crippen molar-refractivity contribution in [1.29, 1.82) is 0 Å². The number of hydrogen-bond donors (Lipinski definition) is 1. The Balaban J connectivity index is 1.36. The van der Waals surface area contributed by atoms with Gasteiger partial charge in [0.25, 0.3) is 0 Å². The minimum absolute atomic E-state index is 0.00838. The molecule has 3 aromatic heterocycles. The smallest absolute Gasteiger partial charge is 0.230 e. The Labute approximate surface area is 201 Å². The number of nitrogens with one attached hydrogen (secondary N) is 1. The number of carbonyl (C=O) groups excluding carboxylic acids is 1. The third-order valence-corrected chi connectivity index (χ3v) is 8.12. The summed E-state index contributed by atoms with van der Waals surface area (Å²) in [6.45, 7) is 7.49. The molecule has 4 aromatic rings. The Morgan fingerprint density at radius 2 is 2.03 bits per heavy atom. The fraction of sp³-hybridized carbons (Fsp3) is 0.360. The van der Waals surface area contributed by atoms with Crippen LogP contribution in [-0.2, 0) is 29.0 Å². The summed E-state index contributed by atoms with van der Waals surface area (Å²) in [5, 5.41) is 4.95. The van der Waals surface area contributed by atoms with E-state index in [4.69, 9.17) is 9.72 Å². The number of aromatic nitrogens is 3. The molecule has 1 N–H and O–H groups in total. The number of carbonyl (C=O) groups is 1. The molecule has 1 aliphatic rings. The van der Waals surface area contributed by atoms with E-state index in [0.717, 1.165) is 44.0 Å². The van der Waals surface area contributed by atoms with E-state index < -0.39 is 0 Å². The van der Waals surface area contributed by atoms with Gasteiger partial charge in [0, 0.05) is 29.6 Å². The number of fused-ring (bicyclic) bond motifs is 5. The number of amides is 1. The highest BCUT2D eigenvalue weighted by Crippen LogP contribution is 2.42. The molecule has 0 atom stereocenters. The van der Waals surface area contributed by atoms with E-state index in [2.05, 4.69) is 41.3 Å². The zero-order valence-electron chi connectivity index (χ0n) is 19.0. The van der Waals surface area contributed by atoms with Crippen LogP contribution in [0.15, 0.2) is 41.7 Å². The first kappa shape index (κ1) is 22.3. The van der Waals surface area contributed by atoms with E-state index in [9.17, 15) is 4.79 Å². The standard InChI is InChI=1S/C25H26N4O2S2/c1-15-18-12-31-25(2,3)11-17(18)20-21-22(33-23(20)29-15)24(28-14-27-21)32-13-19(30)26-10-9-16-7-5-4-6-8-16/h4-8,14H,9-13H2,1-3H3,(H,26,30). The van der Waals surface area contributed by atoms with Gasteiger partial charge in [0.15, 0.2) is 0 Å². The SMILES string of the molecule is Cc1nc2sc3c(SCC(=O)NCCc4ccccc4)ncnc3c2c2c1COC(C)(C)C2. The fourth-order valence-electron chi connectivity index (χ4n) is 4.23. The van der Waals surface area contributed by atoms with Gasteiger partial charge in [-0.05, 0) is 38.3 Å². The molecule has 0 fully saturated rings. The molecule has 0 aliphatic carbocycles. The van der Waals surface area contributed by atoms with Gasteiger partial charge in [-0.25, -0.2) is 15.0 Å². The molecule has 0 spiro atoms. The van der Waals surface area contributed by atoms with Crippen molar-refractivity contribution in [2.75, 3.05) is 12.3 Å². The Morgan fingerprint density at radius 1 is 1.21 bits per heavy atom. The molecule has 33 heavy (non-hydrogen) atoms. The van der Waals surface area contributed by atoms with E-state index in [1.807, 2.05) is 25.1 Å². The Bertz CT molecular complexity index is 1340. The molecule has 170 valence electrons. The molecule has 0 bridgehead atoms. The van der Waals surface area contributed by atoms with Crippen molar-refractivity contribution in [3.05, 3.63) is 59.0 Å². The van der Waals surface area contributed by atoms with Crippen LogP contribution in [0.2, 0.25) is 0 Å². The van der Waals surface area contributed by atoms with Gasteiger partial charge >= 0.3 is 0 Å². The van der Waals surface area contributed by atoms with Crippen LogP contribution < -0.4 is 5.32 Å². The molecule has 1 amide bonds. The maximum Gasteiger partial charge on any atom is 0.230 e. The highest BCUT2D eigenvalue weighted by Gasteiger charge is 2.31. The van der Waals surface area contributed by atoms with Gasteiger partial charge in [-0.1, -0.05) is 42.1 Å². The molecule has 0 unspecified atom stereocenters. The third-order valence-electron chi connectivity index (χ3n) is 5.92. The number of nitrogens with zero attached hydrogens (tertiary/aromatic N) is 3. The van der Waals surface area contributed by atoms with E-state index in [1.165, 1.54) is 28.5 Å². The zero-order chi connectivity index (χ0) is 23.0. The quantitative estimate of drug-likeness (QED) is 0.315. The van der Waals surface area contributed by atoms with Crippen LogP contribution in [0.1, 0.15) is 36.2 Å². The number of benzene rings is 1. The molecule has 0 saturated heterocycles. The third kappa shape index (κ3) is 4.60. The average Bonchev–Trinajstić information content (AvgIpc) is 3.16. The lowest BCUT2D eigenvalue weighted by atomic mass is 9.89. The van der Waals surface area contributed by atoms with Crippen LogP contribution in [0.5, 0.6) is 0 Å². The maximum absolute atomic E-state index is 12.4. The van der Waals surface area contributed by atoms with Crippen LogP contribution >= 0.6 is 23.1 Å². The lowest BCUT2D eigenvalue weighted by Crippen LogP contribution is -2.32. The number of thiophene rings is 1. The van der Waals surface area contributed by atoms with Gasteiger partial charge in [-0.3, -0.25) is 4.79 Å². The molecule has 0 radical (unpaired) electrons. The first-order valence-electron chi connectivity index (χ1n) is 11.0. The van der Waals surface area contributed by atoms with Gasteiger partial charge in [0.2, 0.25) is 5.91 Å². The van der Waals surface area contributed by atoms with Gasteiger partial charge in [-0.2, -0.15) is 0 Å².